The number of rotatable bonds is 5. The molecule has 4 fully saturated rings. The maximum Gasteiger partial charge on any atom is 0.164 e. The monoisotopic (exact) mass is 671 g/mol. The van der Waals surface area contributed by atoms with E-state index in [0.29, 0.717) is 33.7 Å². The molecule has 47 heavy (non-hydrogen) atoms. The molecule has 5 aromatic carbocycles. The van der Waals surface area contributed by atoms with E-state index in [0.717, 1.165) is 54.9 Å². The van der Waals surface area contributed by atoms with E-state index in [1.54, 1.807) is 5.56 Å². The molecule has 5 atom stereocenters. The average molecular weight is 673 g/mol. The third-order valence-corrected chi connectivity index (χ3v) is 13.2. The largest absolute Gasteiger partial charge is 0.456 e. The molecule has 0 radical (unpaired) electrons. The first-order chi connectivity index (χ1) is 23.1. The molecule has 4 saturated carbocycles. The second-order valence-electron chi connectivity index (χ2n) is 14.3. The van der Waals surface area contributed by atoms with Crippen molar-refractivity contribution in [1.29, 1.82) is 0 Å². The van der Waals surface area contributed by atoms with Crippen LogP contribution in [0.4, 0.5) is 0 Å². The van der Waals surface area contributed by atoms with Gasteiger partial charge in [0.25, 0.3) is 0 Å². The first-order valence-electron chi connectivity index (χ1n) is 16.7. The van der Waals surface area contributed by atoms with Crippen molar-refractivity contribution in [1.82, 2.24) is 15.0 Å². The third kappa shape index (κ3) is 3.17. The average Bonchev–Trinajstić information content (AvgIpc) is 3.47. The topological polar surface area (TPSA) is 51.8 Å². The van der Waals surface area contributed by atoms with Crippen molar-refractivity contribution >= 4 is 37.9 Å². The van der Waals surface area contributed by atoms with Crippen LogP contribution >= 0.6 is 15.9 Å². The van der Waals surface area contributed by atoms with Crippen LogP contribution in [-0.4, -0.2) is 15.0 Å². The van der Waals surface area contributed by atoms with Crippen LogP contribution in [0.15, 0.2) is 130 Å². The van der Waals surface area contributed by atoms with Crippen LogP contribution < -0.4 is 0 Å². The number of aromatic nitrogens is 3. The van der Waals surface area contributed by atoms with Crippen LogP contribution in [0.1, 0.15) is 36.8 Å². The molecule has 0 N–H and O–H groups in total. The van der Waals surface area contributed by atoms with Crippen LogP contribution in [0.25, 0.3) is 56.1 Å². The van der Waals surface area contributed by atoms with E-state index in [4.69, 9.17) is 19.4 Å². The fourth-order valence-electron chi connectivity index (χ4n) is 11.1. The lowest BCUT2D eigenvalue weighted by molar-refractivity contribution is -0.412. The van der Waals surface area contributed by atoms with Gasteiger partial charge in [-0.2, -0.15) is 0 Å². The van der Waals surface area contributed by atoms with Crippen LogP contribution in [0.5, 0.6) is 0 Å². The minimum Gasteiger partial charge on any atom is -0.456 e. The van der Waals surface area contributed by atoms with Crippen LogP contribution in [0.3, 0.4) is 0 Å². The Hall–Kier alpha value is -4.61. The second-order valence-corrected chi connectivity index (χ2v) is 15.2. The molecule has 1 spiro atoms. The Morgan fingerprint density at radius 3 is 1.87 bits per heavy atom. The van der Waals surface area contributed by atoms with Gasteiger partial charge in [0.2, 0.25) is 0 Å². The first kappa shape index (κ1) is 26.5. The number of benzene rings is 5. The van der Waals surface area contributed by atoms with E-state index in [9.17, 15) is 0 Å². The predicted octanol–water partition coefficient (Wildman–Crippen LogP) is 10.5. The van der Waals surface area contributed by atoms with E-state index in [2.05, 4.69) is 88.7 Å². The molecule has 4 nitrogen and oxygen atoms in total. The number of furan rings is 1. The molecule has 5 heteroatoms. The Balaban J connectivity index is 1.01. The van der Waals surface area contributed by atoms with Crippen molar-refractivity contribution in [2.75, 3.05) is 0 Å². The predicted molar refractivity (Wildman–Crippen MR) is 189 cm³/mol. The molecule has 2 heterocycles. The van der Waals surface area contributed by atoms with Gasteiger partial charge in [0.05, 0.1) is 0 Å². The molecule has 2 aromatic heterocycles. The highest BCUT2D eigenvalue weighted by Crippen LogP contribution is 2.97. The molecule has 0 bridgehead atoms. The number of hydrogen-bond acceptors (Lipinski definition) is 4. The summed E-state index contributed by atoms with van der Waals surface area (Å²) in [6, 6.07) is 43.0. The zero-order valence-electron chi connectivity index (χ0n) is 25.7. The Morgan fingerprint density at radius 1 is 0.574 bits per heavy atom. The highest BCUT2D eigenvalue weighted by atomic mass is 79.9. The van der Waals surface area contributed by atoms with Gasteiger partial charge in [-0.15, -0.1) is 0 Å². The number of nitrogens with zero attached hydrogens (tertiary/aromatic N) is 3. The van der Waals surface area contributed by atoms with E-state index in [1.807, 2.05) is 48.5 Å². The highest BCUT2D eigenvalue weighted by molar-refractivity contribution is 9.10. The van der Waals surface area contributed by atoms with Crippen molar-refractivity contribution in [2.24, 2.45) is 17.3 Å². The van der Waals surface area contributed by atoms with Crippen LogP contribution in [0, 0.1) is 17.3 Å². The number of fused-ring (bicyclic) bond motifs is 3. The summed E-state index contributed by atoms with van der Waals surface area (Å²) in [5.74, 6) is 3.76. The molecule has 7 aromatic rings. The zero-order chi connectivity index (χ0) is 31.0. The van der Waals surface area contributed by atoms with Gasteiger partial charge in [-0.3, -0.25) is 0 Å². The Morgan fingerprint density at radius 2 is 1.17 bits per heavy atom. The maximum atomic E-state index is 6.22. The first-order valence-corrected chi connectivity index (χ1v) is 17.5. The number of halogens is 1. The summed E-state index contributed by atoms with van der Waals surface area (Å²) in [6.45, 7) is 0. The lowest BCUT2D eigenvalue weighted by Crippen LogP contribution is -2.93. The number of para-hydroxylation sites is 1. The molecule has 4 aliphatic carbocycles. The summed E-state index contributed by atoms with van der Waals surface area (Å²) in [5, 5.41) is 2.09. The fourth-order valence-corrected chi connectivity index (χ4v) is 11.4. The minimum absolute atomic E-state index is 0.307. The molecule has 0 amide bonds. The van der Waals surface area contributed by atoms with E-state index in [1.165, 1.54) is 31.2 Å². The van der Waals surface area contributed by atoms with Crippen molar-refractivity contribution in [3.63, 3.8) is 0 Å². The number of hydrogen-bond donors (Lipinski definition) is 0. The summed E-state index contributed by atoms with van der Waals surface area (Å²) >= 11 is 3.65. The van der Waals surface area contributed by atoms with Crippen molar-refractivity contribution < 1.29 is 4.42 Å². The quantitative estimate of drug-likeness (QED) is 0.183. The van der Waals surface area contributed by atoms with Crippen LogP contribution in [-0.2, 0) is 10.8 Å². The molecule has 5 unspecified atom stereocenters. The van der Waals surface area contributed by atoms with Crippen LogP contribution in [0.2, 0.25) is 0 Å². The summed E-state index contributed by atoms with van der Waals surface area (Å²) in [7, 11) is 0. The van der Waals surface area contributed by atoms with E-state index in [-0.39, 0.29) is 0 Å². The minimum atomic E-state index is 0.307. The SMILES string of the molecule is Brc1ccc(C23CC4CC5CC(c6ccc(-c7nc(-c8ccccc8)nc(-c8cccc9oc%10ccccc%10c89)n7)cc6)(C2)C453)cc1. The van der Waals surface area contributed by atoms with Gasteiger partial charge in [0.15, 0.2) is 17.5 Å². The Kier molecular flexibility index (Phi) is 5.09. The van der Waals surface area contributed by atoms with Gasteiger partial charge >= 0.3 is 0 Å². The lowest BCUT2D eigenvalue weighted by atomic mass is 9.07. The van der Waals surface area contributed by atoms with Crippen molar-refractivity contribution in [3.8, 4) is 34.2 Å². The second kappa shape index (κ2) is 9.05. The lowest BCUT2D eigenvalue weighted by Gasteiger charge is -2.96. The molecule has 226 valence electrons. The molecule has 4 aliphatic rings. The molecular weight excluding hydrogens is 642 g/mol. The Labute approximate surface area is 281 Å². The van der Waals surface area contributed by atoms with Crippen molar-refractivity contribution in [3.05, 3.63) is 137 Å². The van der Waals surface area contributed by atoms with Crippen molar-refractivity contribution in [2.45, 2.75) is 36.5 Å². The summed E-state index contributed by atoms with van der Waals surface area (Å²) < 4.78 is 7.38. The van der Waals surface area contributed by atoms with Gasteiger partial charge in [-0.05, 0) is 78.3 Å². The van der Waals surface area contributed by atoms with Gasteiger partial charge in [0.1, 0.15) is 11.2 Å². The van der Waals surface area contributed by atoms with E-state index < -0.39 is 0 Å². The molecule has 0 aliphatic heterocycles. The highest BCUT2D eigenvalue weighted by Gasteiger charge is 2.93. The van der Waals surface area contributed by atoms with Gasteiger partial charge < -0.3 is 4.42 Å². The molecule has 11 rings (SSSR count). The smallest absolute Gasteiger partial charge is 0.164 e. The van der Waals surface area contributed by atoms with E-state index >= 15 is 0 Å². The summed E-state index contributed by atoms with van der Waals surface area (Å²) in [6.07, 6.45) is 5.38. The van der Waals surface area contributed by atoms with Gasteiger partial charge in [-0.1, -0.05) is 113 Å². The third-order valence-electron chi connectivity index (χ3n) is 12.6. The molecular formula is C42H30BrN3O. The van der Waals surface area contributed by atoms with Gasteiger partial charge in [-0.25, -0.2) is 15.0 Å². The van der Waals surface area contributed by atoms with Gasteiger partial charge in [0, 0.05) is 42.8 Å². The summed E-state index contributed by atoms with van der Waals surface area (Å²) in [5.41, 5.74) is 8.82. The molecule has 0 saturated heterocycles. The maximum absolute atomic E-state index is 6.22. The Bertz CT molecular complexity index is 2400. The fraction of sp³-hybridized carbons (Fsp3) is 0.214. The summed E-state index contributed by atoms with van der Waals surface area (Å²) in [4.78, 5) is 15.2. The normalized spacial score (nSPS) is 28.0. The zero-order valence-corrected chi connectivity index (χ0v) is 27.2. The standard InChI is InChI=1S/C42H30BrN3O/c43-31-19-17-28(18-20-31)41-23-30-21-29-22-40(24-41,42(29,30)41)27-15-13-26(14-16-27)38-44-37(25-7-2-1-3-8-25)45-39(46-38)33-10-6-12-35-36(33)32-9-4-5-11-34(32)47-35/h1-20,29-30H,21-24H2.